The lowest BCUT2D eigenvalue weighted by Gasteiger charge is -2.30. The van der Waals surface area contributed by atoms with E-state index in [1.165, 1.54) is 23.1 Å². The first-order valence-corrected chi connectivity index (χ1v) is 8.46. The van der Waals surface area contributed by atoms with Gasteiger partial charge < -0.3 is 19.9 Å². The van der Waals surface area contributed by atoms with Gasteiger partial charge in [0.25, 0.3) is 0 Å². The van der Waals surface area contributed by atoms with E-state index < -0.39 is 29.8 Å². The molecule has 1 fully saturated rings. The minimum atomic E-state index is -0.809. The van der Waals surface area contributed by atoms with Crippen LogP contribution in [-0.2, 0) is 16.6 Å². The summed E-state index contributed by atoms with van der Waals surface area (Å²) >= 11 is 0. The molecule has 2 amide bonds. The van der Waals surface area contributed by atoms with Crippen molar-refractivity contribution in [3.63, 3.8) is 0 Å². The first-order chi connectivity index (χ1) is 12.5. The minimum Gasteiger partial charge on any atom is -0.391 e. The van der Waals surface area contributed by atoms with Gasteiger partial charge in [-0.25, -0.2) is 9.37 Å². The summed E-state index contributed by atoms with van der Waals surface area (Å²) in [4.78, 5) is 30.5. The molecule has 1 aliphatic rings. The Morgan fingerprint density at radius 2 is 2.23 bits per heavy atom. The number of β-amino-alcohol motifs (C(OH)–C–C–N with tert-alkyl or cyclic N) is 1. The number of aliphatic hydroxyl groups excluding tert-OH is 1. The van der Waals surface area contributed by atoms with E-state index in [4.69, 9.17) is 0 Å². The van der Waals surface area contributed by atoms with Gasteiger partial charge in [-0.2, -0.15) is 0 Å². The van der Waals surface area contributed by atoms with E-state index in [9.17, 15) is 19.1 Å². The highest BCUT2D eigenvalue weighted by Gasteiger charge is 2.30. The number of hydrogen-bond donors (Lipinski definition) is 2. The second-order valence-electron chi connectivity index (χ2n) is 6.41. The minimum absolute atomic E-state index is 0.138. The maximum absolute atomic E-state index is 13.7. The van der Waals surface area contributed by atoms with Crippen LogP contribution < -0.4 is 5.32 Å². The molecule has 0 saturated carbocycles. The summed E-state index contributed by atoms with van der Waals surface area (Å²) in [6, 6.07) is 5.04. The summed E-state index contributed by atoms with van der Waals surface area (Å²) in [5, 5.41) is 12.4. The Hall–Kier alpha value is -2.74. The van der Waals surface area contributed by atoms with Crippen molar-refractivity contribution in [2.75, 3.05) is 13.1 Å². The van der Waals surface area contributed by atoms with E-state index in [0.717, 1.165) is 0 Å². The zero-order valence-corrected chi connectivity index (χ0v) is 14.4. The van der Waals surface area contributed by atoms with E-state index in [0.29, 0.717) is 30.8 Å². The third-order valence-electron chi connectivity index (χ3n) is 4.45. The predicted molar refractivity (Wildman–Crippen MR) is 91.4 cm³/mol. The highest BCUT2D eigenvalue weighted by atomic mass is 19.1. The number of hydrogen-bond acceptors (Lipinski definition) is 4. The number of carbonyl (C=O) groups excluding carboxylic acids is 2. The molecule has 26 heavy (non-hydrogen) atoms. The standard InChI is InChI=1S/C18H21FN4O3/c1-22-9-7-20-16(22)15(12-4-2-5-13(19)10-12)21-17(25)18(26)23-8-3-6-14(24)11-23/h2,4-5,7,9-10,14-15,24H,3,6,8,11H2,1H3,(H,21,25)/t14-,15+/m0/s1. The van der Waals surface area contributed by atoms with Crippen molar-refractivity contribution >= 4 is 11.8 Å². The van der Waals surface area contributed by atoms with Crippen molar-refractivity contribution in [3.05, 3.63) is 53.9 Å². The lowest BCUT2D eigenvalue weighted by atomic mass is 10.1. The van der Waals surface area contributed by atoms with Crippen molar-refractivity contribution in [1.29, 1.82) is 0 Å². The molecule has 3 rings (SSSR count). The Bertz CT molecular complexity index is 807. The van der Waals surface area contributed by atoms with Crippen LogP contribution >= 0.6 is 0 Å². The molecule has 1 aromatic carbocycles. The van der Waals surface area contributed by atoms with Gasteiger partial charge in [-0.05, 0) is 30.5 Å². The van der Waals surface area contributed by atoms with Gasteiger partial charge >= 0.3 is 11.8 Å². The number of imidazole rings is 1. The number of nitrogens with one attached hydrogen (secondary N) is 1. The molecule has 1 saturated heterocycles. The van der Waals surface area contributed by atoms with Crippen molar-refractivity contribution in [1.82, 2.24) is 19.8 Å². The maximum Gasteiger partial charge on any atom is 0.311 e. The number of halogens is 1. The summed E-state index contributed by atoms with van der Waals surface area (Å²) in [6.07, 6.45) is 3.92. The number of nitrogens with zero attached hydrogens (tertiary/aromatic N) is 3. The van der Waals surface area contributed by atoms with Gasteiger partial charge in [-0.15, -0.1) is 0 Å². The van der Waals surface area contributed by atoms with Gasteiger partial charge in [0.15, 0.2) is 0 Å². The van der Waals surface area contributed by atoms with Crippen LogP contribution in [0, 0.1) is 5.82 Å². The molecule has 2 heterocycles. The highest BCUT2D eigenvalue weighted by Crippen LogP contribution is 2.21. The van der Waals surface area contributed by atoms with Gasteiger partial charge in [0.2, 0.25) is 0 Å². The third-order valence-corrected chi connectivity index (χ3v) is 4.45. The van der Waals surface area contributed by atoms with Crippen LogP contribution in [0.15, 0.2) is 36.7 Å². The Morgan fingerprint density at radius 1 is 1.42 bits per heavy atom. The molecular weight excluding hydrogens is 339 g/mol. The van der Waals surface area contributed by atoms with Crippen molar-refractivity contribution in [2.24, 2.45) is 7.05 Å². The zero-order chi connectivity index (χ0) is 18.7. The molecule has 1 aliphatic heterocycles. The normalized spacial score (nSPS) is 18.4. The molecule has 2 N–H and O–H groups in total. The lowest BCUT2D eigenvalue weighted by Crippen LogP contribution is -2.49. The van der Waals surface area contributed by atoms with Crippen LogP contribution in [0.4, 0.5) is 4.39 Å². The SMILES string of the molecule is Cn1ccnc1[C@H](NC(=O)C(=O)N1CCC[C@H](O)C1)c1cccc(F)c1. The second kappa shape index (κ2) is 7.65. The summed E-state index contributed by atoms with van der Waals surface area (Å²) in [5.41, 5.74) is 0.485. The molecule has 0 unspecified atom stereocenters. The van der Waals surface area contributed by atoms with Gasteiger partial charge in [-0.3, -0.25) is 9.59 Å². The number of aryl methyl sites for hydroxylation is 1. The van der Waals surface area contributed by atoms with Crippen molar-refractivity contribution < 1.29 is 19.1 Å². The summed E-state index contributed by atoms with van der Waals surface area (Å²) in [6.45, 7) is 0.565. The first-order valence-electron chi connectivity index (χ1n) is 8.46. The topological polar surface area (TPSA) is 87.5 Å². The van der Waals surface area contributed by atoms with E-state index in [-0.39, 0.29) is 6.54 Å². The molecule has 2 aromatic rings. The quantitative estimate of drug-likeness (QED) is 0.791. The van der Waals surface area contributed by atoms with E-state index >= 15 is 0 Å². The number of likely N-dealkylation sites (tertiary alicyclic amines) is 1. The molecule has 0 radical (unpaired) electrons. The van der Waals surface area contributed by atoms with Crippen LogP contribution in [-0.4, -0.2) is 50.6 Å². The second-order valence-corrected chi connectivity index (χ2v) is 6.41. The van der Waals surface area contributed by atoms with Crippen LogP contribution in [0.3, 0.4) is 0 Å². The fourth-order valence-corrected chi connectivity index (χ4v) is 3.11. The van der Waals surface area contributed by atoms with Gasteiger partial charge in [0.05, 0.1) is 6.10 Å². The fraction of sp³-hybridized carbons (Fsp3) is 0.389. The average Bonchev–Trinajstić information content (AvgIpc) is 3.04. The number of piperidine rings is 1. The Morgan fingerprint density at radius 3 is 2.88 bits per heavy atom. The molecule has 138 valence electrons. The molecule has 0 aliphatic carbocycles. The summed E-state index contributed by atoms with van der Waals surface area (Å²) < 4.78 is 15.4. The summed E-state index contributed by atoms with van der Waals surface area (Å²) in [5.74, 6) is -1.48. The zero-order valence-electron chi connectivity index (χ0n) is 14.4. The van der Waals surface area contributed by atoms with Crippen LogP contribution in [0.2, 0.25) is 0 Å². The number of amides is 2. The first kappa shape index (κ1) is 18.1. The van der Waals surface area contributed by atoms with E-state index in [1.807, 2.05) is 0 Å². The monoisotopic (exact) mass is 360 g/mol. The molecule has 1 aromatic heterocycles. The van der Waals surface area contributed by atoms with Crippen LogP contribution in [0.5, 0.6) is 0 Å². The number of aromatic nitrogens is 2. The number of rotatable bonds is 3. The number of carbonyl (C=O) groups is 2. The fourth-order valence-electron chi connectivity index (χ4n) is 3.11. The third kappa shape index (κ3) is 3.91. The predicted octanol–water partition coefficient (Wildman–Crippen LogP) is 0.748. The largest absolute Gasteiger partial charge is 0.391 e. The molecule has 0 bridgehead atoms. The highest BCUT2D eigenvalue weighted by molar-refractivity contribution is 6.35. The van der Waals surface area contributed by atoms with Crippen molar-refractivity contribution in [2.45, 2.75) is 25.0 Å². The Labute approximate surface area is 150 Å². The molecular formula is C18H21FN4O3. The van der Waals surface area contributed by atoms with E-state index in [2.05, 4.69) is 10.3 Å². The Kier molecular flexibility index (Phi) is 5.32. The van der Waals surface area contributed by atoms with Gasteiger partial charge in [-0.1, -0.05) is 12.1 Å². The molecule has 0 spiro atoms. The van der Waals surface area contributed by atoms with Gasteiger partial charge in [0.1, 0.15) is 17.7 Å². The average molecular weight is 360 g/mol. The smallest absolute Gasteiger partial charge is 0.311 e. The maximum atomic E-state index is 13.7. The van der Waals surface area contributed by atoms with Gasteiger partial charge in [0, 0.05) is 32.5 Å². The summed E-state index contributed by atoms with van der Waals surface area (Å²) in [7, 11) is 1.75. The number of benzene rings is 1. The van der Waals surface area contributed by atoms with Crippen LogP contribution in [0.1, 0.15) is 30.3 Å². The molecule has 2 atom stereocenters. The Balaban J connectivity index is 1.83. The van der Waals surface area contributed by atoms with Crippen molar-refractivity contribution in [3.8, 4) is 0 Å². The van der Waals surface area contributed by atoms with E-state index in [1.54, 1.807) is 30.1 Å². The number of aliphatic hydroxyl groups is 1. The van der Waals surface area contributed by atoms with Crippen LogP contribution in [0.25, 0.3) is 0 Å². The molecule has 8 heteroatoms. The molecule has 7 nitrogen and oxygen atoms in total. The lowest BCUT2D eigenvalue weighted by molar-refractivity contribution is -0.148.